The van der Waals surface area contributed by atoms with E-state index in [1.807, 2.05) is 31.2 Å². The molecule has 1 unspecified atom stereocenters. The van der Waals surface area contributed by atoms with Crippen LogP contribution in [0.4, 0.5) is 5.69 Å². The van der Waals surface area contributed by atoms with Crippen LogP contribution in [0.3, 0.4) is 0 Å². The van der Waals surface area contributed by atoms with Gasteiger partial charge in [-0.15, -0.1) is 0 Å². The number of hydrazone groups is 1. The summed E-state index contributed by atoms with van der Waals surface area (Å²) in [6, 6.07) is 14.2. The second-order valence-corrected chi connectivity index (χ2v) is 6.44. The van der Waals surface area contributed by atoms with E-state index < -0.39 is 0 Å². The molecule has 0 aliphatic carbocycles. The zero-order valence-electron chi connectivity index (χ0n) is 14.2. The van der Waals surface area contributed by atoms with Gasteiger partial charge in [-0.05, 0) is 41.5 Å². The van der Waals surface area contributed by atoms with Crippen LogP contribution in [-0.4, -0.2) is 24.4 Å². The van der Waals surface area contributed by atoms with Crippen molar-refractivity contribution in [1.29, 1.82) is 0 Å². The fourth-order valence-corrected chi connectivity index (χ4v) is 3.29. The van der Waals surface area contributed by atoms with E-state index in [0.29, 0.717) is 6.42 Å². The molecule has 5 nitrogen and oxygen atoms in total. The Morgan fingerprint density at radius 2 is 1.88 bits per heavy atom. The molecule has 2 aliphatic heterocycles. The predicted molar refractivity (Wildman–Crippen MR) is 97.8 cm³/mol. The molecule has 0 saturated heterocycles. The normalized spacial score (nSPS) is 19.0. The fourth-order valence-electron chi connectivity index (χ4n) is 3.29. The van der Waals surface area contributed by atoms with Crippen molar-refractivity contribution in [2.24, 2.45) is 16.0 Å². The Kier molecular flexibility index (Phi) is 3.84. The molecule has 2 heterocycles. The van der Waals surface area contributed by atoms with Gasteiger partial charge in [-0.1, -0.05) is 19.1 Å². The minimum atomic E-state index is -0.0303. The van der Waals surface area contributed by atoms with Gasteiger partial charge in [0.1, 0.15) is 5.75 Å². The van der Waals surface area contributed by atoms with Crippen LogP contribution < -0.4 is 10.2 Å². The number of methoxy groups -OCH3 is 1. The predicted octanol–water partition coefficient (Wildman–Crippen LogP) is 3.23. The first-order valence-corrected chi connectivity index (χ1v) is 8.36. The number of rotatable bonds is 3. The number of hydrogen-bond donors (Lipinski definition) is 1. The van der Waals surface area contributed by atoms with Gasteiger partial charge in [0.2, 0.25) is 5.91 Å². The SMILES string of the molecule is COc1ccc(C2=Nc3cc(C4=NNC(=O)CC4C)ccc3C2)cc1. The number of carbonyl (C=O) groups excluding carboxylic acids is 1. The molecule has 5 heteroatoms. The second kappa shape index (κ2) is 6.16. The lowest BCUT2D eigenvalue weighted by Crippen LogP contribution is -2.31. The van der Waals surface area contributed by atoms with Crippen molar-refractivity contribution in [2.75, 3.05) is 7.11 Å². The summed E-state index contributed by atoms with van der Waals surface area (Å²) in [5.74, 6) is 0.920. The molecular formula is C20H19N3O2. The molecule has 2 aromatic carbocycles. The summed E-state index contributed by atoms with van der Waals surface area (Å²) < 4.78 is 5.21. The van der Waals surface area contributed by atoms with Gasteiger partial charge in [-0.3, -0.25) is 9.79 Å². The Hall–Kier alpha value is -2.95. The number of fused-ring (bicyclic) bond motifs is 1. The quantitative estimate of drug-likeness (QED) is 0.937. The highest BCUT2D eigenvalue weighted by atomic mass is 16.5. The molecule has 1 atom stereocenters. The van der Waals surface area contributed by atoms with Gasteiger partial charge in [0.15, 0.2) is 0 Å². The Bertz CT molecular complexity index is 898. The van der Waals surface area contributed by atoms with E-state index in [0.717, 1.165) is 40.4 Å². The number of ether oxygens (including phenoxy) is 1. The molecule has 0 fully saturated rings. The summed E-state index contributed by atoms with van der Waals surface area (Å²) in [6.45, 7) is 2.02. The van der Waals surface area contributed by atoms with Gasteiger partial charge in [-0.2, -0.15) is 5.10 Å². The molecule has 2 aromatic rings. The van der Waals surface area contributed by atoms with Gasteiger partial charge in [0.05, 0.1) is 24.2 Å². The molecule has 1 amide bonds. The van der Waals surface area contributed by atoms with Crippen molar-refractivity contribution in [3.63, 3.8) is 0 Å². The van der Waals surface area contributed by atoms with E-state index in [-0.39, 0.29) is 11.8 Å². The molecule has 0 saturated carbocycles. The number of nitrogens with zero attached hydrogens (tertiary/aromatic N) is 2. The van der Waals surface area contributed by atoms with E-state index in [9.17, 15) is 4.79 Å². The first-order chi connectivity index (χ1) is 12.1. The summed E-state index contributed by atoms with van der Waals surface area (Å²) >= 11 is 0. The number of nitrogens with one attached hydrogen (secondary N) is 1. The monoisotopic (exact) mass is 333 g/mol. The Balaban J connectivity index is 1.64. The summed E-state index contributed by atoms with van der Waals surface area (Å²) in [6.07, 6.45) is 1.29. The van der Waals surface area contributed by atoms with Crippen molar-refractivity contribution in [3.8, 4) is 5.75 Å². The highest BCUT2D eigenvalue weighted by molar-refractivity contribution is 6.09. The molecule has 126 valence electrons. The molecule has 0 bridgehead atoms. The molecular weight excluding hydrogens is 314 g/mol. The van der Waals surface area contributed by atoms with Crippen LogP contribution in [0.25, 0.3) is 0 Å². The van der Waals surface area contributed by atoms with Crippen LogP contribution in [0, 0.1) is 5.92 Å². The number of amides is 1. The molecule has 2 aliphatic rings. The summed E-state index contributed by atoms with van der Waals surface area (Å²) in [5, 5.41) is 4.24. The van der Waals surface area contributed by atoms with Crippen molar-refractivity contribution in [1.82, 2.24) is 5.43 Å². The largest absolute Gasteiger partial charge is 0.497 e. The zero-order valence-corrected chi connectivity index (χ0v) is 14.2. The number of benzene rings is 2. The number of hydrogen-bond acceptors (Lipinski definition) is 4. The average Bonchev–Trinajstić information content (AvgIpc) is 3.05. The summed E-state index contributed by atoms with van der Waals surface area (Å²) in [5.41, 5.74) is 8.86. The standard InChI is InChI=1S/C20H19N3O2/c1-12-9-19(24)22-23-20(12)15-4-3-14-10-17(21-18(14)11-15)13-5-7-16(25-2)8-6-13/h3-8,11-12H,9-10H2,1-2H3,(H,22,24). The molecule has 25 heavy (non-hydrogen) atoms. The van der Waals surface area contributed by atoms with Gasteiger partial charge >= 0.3 is 0 Å². The van der Waals surface area contributed by atoms with E-state index in [1.165, 1.54) is 5.56 Å². The van der Waals surface area contributed by atoms with Crippen molar-refractivity contribution in [3.05, 3.63) is 59.2 Å². The highest BCUT2D eigenvalue weighted by Gasteiger charge is 2.23. The minimum absolute atomic E-state index is 0.0303. The van der Waals surface area contributed by atoms with Gasteiger partial charge < -0.3 is 4.74 Å². The Labute approximate surface area is 146 Å². The number of carbonyl (C=O) groups is 1. The van der Waals surface area contributed by atoms with Crippen LogP contribution in [0.1, 0.15) is 30.0 Å². The van der Waals surface area contributed by atoms with E-state index in [1.54, 1.807) is 7.11 Å². The van der Waals surface area contributed by atoms with Gasteiger partial charge in [0.25, 0.3) is 0 Å². The summed E-state index contributed by atoms with van der Waals surface area (Å²) in [7, 11) is 1.66. The maximum Gasteiger partial charge on any atom is 0.240 e. The lowest BCUT2D eigenvalue weighted by atomic mass is 9.93. The van der Waals surface area contributed by atoms with E-state index in [4.69, 9.17) is 9.73 Å². The summed E-state index contributed by atoms with van der Waals surface area (Å²) in [4.78, 5) is 16.2. The van der Waals surface area contributed by atoms with Gasteiger partial charge in [-0.25, -0.2) is 5.43 Å². The van der Waals surface area contributed by atoms with E-state index >= 15 is 0 Å². The third-order valence-electron chi connectivity index (χ3n) is 4.68. The van der Waals surface area contributed by atoms with Crippen LogP contribution >= 0.6 is 0 Å². The van der Waals surface area contributed by atoms with Crippen LogP contribution in [0.15, 0.2) is 52.6 Å². The van der Waals surface area contributed by atoms with Crippen LogP contribution in [0.2, 0.25) is 0 Å². The lowest BCUT2D eigenvalue weighted by Gasteiger charge is -2.19. The minimum Gasteiger partial charge on any atom is -0.497 e. The molecule has 0 spiro atoms. The fraction of sp³-hybridized carbons (Fsp3) is 0.250. The maximum absolute atomic E-state index is 11.4. The third kappa shape index (κ3) is 2.93. The van der Waals surface area contributed by atoms with E-state index in [2.05, 4.69) is 28.7 Å². The first kappa shape index (κ1) is 15.6. The Morgan fingerprint density at radius 3 is 2.60 bits per heavy atom. The van der Waals surface area contributed by atoms with Crippen LogP contribution in [-0.2, 0) is 11.2 Å². The second-order valence-electron chi connectivity index (χ2n) is 6.44. The van der Waals surface area contributed by atoms with Crippen molar-refractivity contribution < 1.29 is 9.53 Å². The number of aliphatic imine (C=N–C) groups is 1. The molecule has 4 rings (SSSR count). The molecule has 1 N–H and O–H groups in total. The first-order valence-electron chi connectivity index (χ1n) is 8.36. The average molecular weight is 333 g/mol. The maximum atomic E-state index is 11.4. The highest BCUT2D eigenvalue weighted by Crippen LogP contribution is 2.31. The van der Waals surface area contributed by atoms with Crippen LogP contribution in [0.5, 0.6) is 5.75 Å². The zero-order chi connectivity index (χ0) is 17.4. The Morgan fingerprint density at radius 1 is 1.12 bits per heavy atom. The molecule has 0 aromatic heterocycles. The molecule has 0 radical (unpaired) electrons. The van der Waals surface area contributed by atoms with Crippen molar-refractivity contribution in [2.45, 2.75) is 19.8 Å². The smallest absolute Gasteiger partial charge is 0.240 e. The van der Waals surface area contributed by atoms with Gasteiger partial charge in [0, 0.05) is 24.3 Å². The topological polar surface area (TPSA) is 63.1 Å². The van der Waals surface area contributed by atoms with Crippen molar-refractivity contribution >= 4 is 23.0 Å². The third-order valence-corrected chi connectivity index (χ3v) is 4.68. The lowest BCUT2D eigenvalue weighted by molar-refractivity contribution is -0.121.